The van der Waals surface area contributed by atoms with Gasteiger partial charge in [0.1, 0.15) is 28.2 Å². The number of aromatic nitrogens is 2. The van der Waals surface area contributed by atoms with Crippen molar-refractivity contribution in [3.63, 3.8) is 0 Å². The van der Waals surface area contributed by atoms with Crippen LogP contribution in [0.25, 0.3) is 0 Å². The van der Waals surface area contributed by atoms with Crippen molar-refractivity contribution in [3.05, 3.63) is 64.7 Å². The number of hydrogen-bond acceptors (Lipinski definition) is 4. The van der Waals surface area contributed by atoms with Gasteiger partial charge in [-0.1, -0.05) is 11.6 Å². The normalized spacial score (nSPS) is 18.6. The van der Waals surface area contributed by atoms with Gasteiger partial charge in [-0.2, -0.15) is 18.3 Å². The molecule has 3 aromatic rings. The number of fused-ring (bicyclic) bond motifs is 1. The molecule has 4 rings (SSSR count). The molecule has 3 heterocycles. The van der Waals surface area contributed by atoms with Crippen molar-refractivity contribution in [1.82, 2.24) is 9.78 Å². The number of furan rings is 1. The summed E-state index contributed by atoms with van der Waals surface area (Å²) in [6.07, 6.45) is -3.81. The minimum absolute atomic E-state index is 0.226. The molecule has 12 heteroatoms. The van der Waals surface area contributed by atoms with Crippen LogP contribution in [0.2, 0.25) is 5.02 Å². The molecule has 2 atom stereocenters. The molecule has 0 aliphatic carbocycles. The number of amides is 1. The van der Waals surface area contributed by atoms with E-state index in [9.17, 15) is 26.7 Å². The molecule has 0 radical (unpaired) electrons. The molecule has 30 heavy (non-hydrogen) atoms. The maximum absolute atomic E-state index is 13.8. The third kappa shape index (κ3) is 3.60. The van der Waals surface area contributed by atoms with Crippen LogP contribution in [0.4, 0.5) is 33.5 Å². The van der Waals surface area contributed by atoms with Gasteiger partial charge in [0.25, 0.3) is 5.91 Å². The zero-order valence-corrected chi connectivity index (χ0v) is 15.6. The topological polar surface area (TPSA) is 72.1 Å². The molecule has 0 saturated carbocycles. The van der Waals surface area contributed by atoms with Crippen LogP contribution in [-0.4, -0.2) is 21.9 Å². The van der Waals surface area contributed by atoms with Crippen molar-refractivity contribution in [2.75, 3.05) is 10.6 Å². The van der Waals surface area contributed by atoms with Gasteiger partial charge in [0.05, 0.1) is 18.0 Å². The van der Waals surface area contributed by atoms with Gasteiger partial charge in [0.2, 0.25) is 0 Å². The molecule has 0 bridgehead atoms. The Kier molecular flexibility index (Phi) is 4.92. The van der Waals surface area contributed by atoms with E-state index >= 15 is 0 Å². The van der Waals surface area contributed by atoms with E-state index in [4.69, 9.17) is 16.0 Å². The van der Waals surface area contributed by atoms with Crippen molar-refractivity contribution < 1.29 is 31.2 Å². The molecule has 2 unspecified atom stereocenters. The first-order chi connectivity index (χ1) is 14.1. The van der Waals surface area contributed by atoms with Crippen molar-refractivity contribution in [1.29, 1.82) is 0 Å². The Morgan fingerprint density at radius 2 is 2.07 bits per heavy atom. The van der Waals surface area contributed by atoms with E-state index in [2.05, 4.69) is 15.7 Å². The van der Waals surface area contributed by atoms with Crippen molar-refractivity contribution in [3.8, 4) is 0 Å². The molecule has 2 N–H and O–H groups in total. The van der Waals surface area contributed by atoms with Crippen LogP contribution in [0.1, 0.15) is 34.8 Å². The average Bonchev–Trinajstić information content (AvgIpc) is 3.31. The van der Waals surface area contributed by atoms with E-state index in [0.29, 0.717) is 10.7 Å². The average molecular weight is 447 g/mol. The lowest BCUT2D eigenvalue weighted by atomic mass is 10.0. The number of anilines is 2. The summed E-state index contributed by atoms with van der Waals surface area (Å²) < 4.78 is 73.6. The highest BCUT2D eigenvalue weighted by molar-refractivity contribution is 6.36. The third-order valence-electron chi connectivity index (χ3n) is 4.58. The van der Waals surface area contributed by atoms with E-state index in [0.717, 1.165) is 12.1 Å². The summed E-state index contributed by atoms with van der Waals surface area (Å²) in [6.45, 7) is 0. The Balaban J connectivity index is 1.70. The molecular formula is C18H12ClF5N4O2. The number of alkyl halides is 3. The van der Waals surface area contributed by atoms with E-state index in [1.807, 2.05) is 0 Å². The fourth-order valence-corrected chi connectivity index (χ4v) is 3.45. The molecule has 0 fully saturated rings. The highest BCUT2D eigenvalue weighted by atomic mass is 35.5. The van der Waals surface area contributed by atoms with Crippen LogP contribution in [0.5, 0.6) is 0 Å². The van der Waals surface area contributed by atoms with Crippen LogP contribution < -0.4 is 10.6 Å². The summed E-state index contributed by atoms with van der Waals surface area (Å²) in [5, 5.41) is 8.27. The minimum Gasteiger partial charge on any atom is -0.467 e. The van der Waals surface area contributed by atoms with Gasteiger partial charge < -0.3 is 15.1 Å². The van der Waals surface area contributed by atoms with Crippen LogP contribution in [0.15, 0.2) is 41.0 Å². The van der Waals surface area contributed by atoms with E-state index in [-0.39, 0.29) is 22.3 Å². The summed E-state index contributed by atoms with van der Waals surface area (Å²) in [4.78, 5) is 12.5. The molecule has 6 nitrogen and oxygen atoms in total. The summed E-state index contributed by atoms with van der Waals surface area (Å²) in [6, 6.07) is 2.53. The van der Waals surface area contributed by atoms with Crippen molar-refractivity contribution in [2.24, 2.45) is 0 Å². The van der Waals surface area contributed by atoms with Gasteiger partial charge in [-0.15, -0.1) is 0 Å². The van der Waals surface area contributed by atoms with Crippen LogP contribution in [-0.2, 0) is 0 Å². The van der Waals surface area contributed by atoms with E-state index < -0.39 is 47.9 Å². The standard InChI is InChI=1S/C18H12ClF5N4O2/c19-14-15(17(29)26-10-4-3-8(20)6-9(10)21)27-28-13(18(22,23)24)7-11(25-16(14)28)12-2-1-5-30-12/h1-6,11,13,25H,7H2,(H,26,29). The number of hydrogen-bond donors (Lipinski definition) is 2. The maximum Gasteiger partial charge on any atom is 0.410 e. The highest BCUT2D eigenvalue weighted by Gasteiger charge is 2.48. The molecular weight excluding hydrogens is 435 g/mol. The largest absolute Gasteiger partial charge is 0.467 e. The lowest BCUT2D eigenvalue weighted by Crippen LogP contribution is -2.35. The number of carbonyl (C=O) groups is 1. The Morgan fingerprint density at radius 3 is 2.70 bits per heavy atom. The fourth-order valence-electron chi connectivity index (χ4n) is 3.18. The molecule has 1 aliphatic rings. The van der Waals surface area contributed by atoms with Crippen LogP contribution >= 0.6 is 11.6 Å². The first kappa shape index (κ1) is 20.2. The lowest BCUT2D eigenvalue weighted by molar-refractivity contribution is -0.174. The van der Waals surface area contributed by atoms with Gasteiger partial charge in [-0.05, 0) is 24.3 Å². The SMILES string of the molecule is O=C(Nc1ccc(F)cc1F)c1nn2c(c1Cl)NC(c1ccco1)CC2C(F)(F)F. The van der Waals surface area contributed by atoms with E-state index in [1.54, 1.807) is 0 Å². The molecule has 1 aliphatic heterocycles. The van der Waals surface area contributed by atoms with E-state index in [1.165, 1.54) is 18.4 Å². The van der Waals surface area contributed by atoms with Crippen LogP contribution in [0.3, 0.4) is 0 Å². The third-order valence-corrected chi connectivity index (χ3v) is 4.93. The predicted molar refractivity (Wildman–Crippen MR) is 96.3 cm³/mol. The number of nitrogens with one attached hydrogen (secondary N) is 2. The first-order valence-electron chi connectivity index (χ1n) is 8.56. The van der Waals surface area contributed by atoms with Gasteiger partial charge in [-0.3, -0.25) is 4.79 Å². The quantitative estimate of drug-likeness (QED) is 0.534. The second-order valence-corrected chi connectivity index (χ2v) is 6.92. The number of benzene rings is 1. The molecule has 0 saturated heterocycles. The summed E-state index contributed by atoms with van der Waals surface area (Å²) in [5.74, 6) is -2.94. The number of halogens is 6. The second-order valence-electron chi connectivity index (χ2n) is 6.54. The smallest absolute Gasteiger partial charge is 0.410 e. The van der Waals surface area contributed by atoms with Crippen LogP contribution in [0, 0.1) is 11.6 Å². The van der Waals surface area contributed by atoms with Gasteiger partial charge in [0, 0.05) is 12.5 Å². The first-order valence-corrected chi connectivity index (χ1v) is 8.94. The molecule has 0 spiro atoms. The fraction of sp³-hybridized carbons (Fsp3) is 0.222. The summed E-state index contributed by atoms with van der Waals surface area (Å²) in [7, 11) is 0. The van der Waals surface area contributed by atoms with Crippen molar-refractivity contribution >= 4 is 29.0 Å². The lowest BCUT2D eigenvalue weighted by Gasteiger charge is -2.32. The van der Waals surface area contributed by atoms with Gasteiger partial charge in [-0.25, -0.2) is 13.5 Å². The zero-order valence-electron chi connectivity index (χ0n) is 14.8. The van der Waals surface area contributed by atoms with Crippen molar-refractivity contribution in [2.45, 2.75) is 24.7 Å². The minimum atomic E-state index is -4.69. The Hall–Kier alpha value is -3.08. The Morgan fingerprint density at radius 1 is 1.30 bits per heavy atom. The summed E-state index contributed by atoms with van der Waals surface area (Å²) >= 11 is 6.15. The maximum atomic E-state index is 13.8. The summed E-state index contributed by atoms with van der Waals surface area (Å²) in [5.41, 5.74) is -0.922. The molecule has 1 aromatic carbocycles. The number of nitrogens with zero attached hydrogens (tertiary/aromatic N) is 2. The highest BCUT2D eigenvalue weighted by Crippen LogP contribution is 2.46. The number of carbonyl (C=O) groups excluding carboxylic acids is 1. The Labute approximate surface area is 170 Å². The van der Waals surface area contributed by atoms with Gasteiger partial charge >= 0.3 is 6.18 Å². The van der Waals surface area contributed by atoms with Gasteiger partial charge in [0.15, 0.2) is 11.7 Å². The molecule has 2 aromatic heterocycles. The number of rotatable bonds is 3. The predicted octanol–water partition coefficient (Wildman–Crippen LogP) is 5.32. The molecule has 158 valence electrons. The second kappa shape index (κ2) is 7.31. The monoisotopic (exact) mass is 446 g/mol. The zero-order chi connectivity index (χ0) is 21.6. The molecule has 1 amide bonds. The Bertz CT molecular complexity index is 1100.